The summed E-state index contributed by atoms with van der Waals surface area (Å²) in [4.78, 5) is 0. The van der Waals surface area contributed by atoms with Crippen LogP contribution in [0.3, 0.4) is 0 Å². The minimum absolute atomic E-state index is 0.0421. The number of hydrogen-bond acceptors (Lipinski definition) is 1. The van der Waals surface area contributed by atoms with Gasteiger partial charge in [0, 0.05) is 0 Å². The first kappa shape index (κ1) is 14.1. The summed E-state index contributed by atoms with van der Waals surface area (Å²) in [5, 5.41) is 10.5. The molecule has 4 aliphatic rings. The fourth-order valence-corrected chi connectivity index (χ4v) is 6.46. The maximum atomic E-state index is 10.5. The van der Waals surface area contributed by atoms with Gasteiger partial charge in [0.1, 0.15) is 0 Å². The molecule has 0 aliphatic heterocycles. The monoisotopic (exact) mass is 286 g/mol. The zero-order valence-corrected chi connectivity index (χ0v) is 13.9. The maximum absolute atomic E-state index is 10.5. The van der Waals surface area contributed by atoms with Crippen LogP contribution in [-0.2, 0) is 0 Å². The molecule has 0 radical (unpaired) electrons. The van der Waals surface area contributed by atoms with Crippen LogP contribution in [0, 0.1) is 29.1 Å². The third-order valence-corrected chi connectivity index (χ3v) is 7.57. The Labute approximate surface area is 129 Å². The van der Waals surface area contributed by atoms with E-state index in [9.17, 15) is 5.11 Å². The van der Waals surface area contributed by atoms with Crippen molar-refractivity contribution >= 4 is 0 Å². The van der Waals surface area contributed by atoms with Crippen LogP contribution in [0.5, 0.6) is 0 Å². The highest BCUT2D eigenvalue weighted by Gasteiger charge is 2.56. The van der Waals surface area contributed by atoms with Crippen LogP contribution < -0.4 is 0 Å². The second kappa shape index (κ2) is 4.72. The molecule has 1 nitrogen and oxygen atoms in total. The molecule has 1 heteroatoms. The molecule has 0 aromatic rings. The molecule has 0 aromatic carbocycles. The van der Waals surface area contributed by atoms with Crippen molar-refractivity contribution in [2.24, 2.45) is 29.1 Å². The average molecular weight is 286 g/mol. The molecule has 0 heterocycles. The lowest BCUT2D eigenvalue weighted by Crippen LogP contribution is -2.47. The van der Waals surface area contributed by atoms with E-state index < -0.39 is 0 Å². The molecule has 1 N–H and O–H groups in total. The first-order valence-corrected chi connectivity index (χ1v) is 9.05. The van der Waals surface area contributed by atoms with Crippen molar-refractivity contribution in [3.63, 3.8) is 0 Å². The Morgan fingerprint density at radius 1 is 1.24 bits per heavy atom. The second-order valence-corrected chi connectivity index (χ2v) is 8.67. The third-order valence-electron chi connectivity index (χ3n) is 7.57. The Morgan fingerprint density at radius 2 is 2.05 bits per heavy atom. The zero-order chi connectivity index (χ0) is 14.8. The smallest absolute Gasteiger partial charge is 0.0596 e. The van der Waals surface area contributed by atoms with E-state index in [2.05, 4.69) is 26.8 Å². The Kier molecular flexibility index (Phi) is 3.16. The Hall–Kier alpha value is -0.560. The van der Waals surface area contributed by atoms with Gasteiger partial charge in [0.05, 0.1) is 6.10 Å². The first-order chi connectivity index (χ1) is 10.0. The van der Waals surface area contributed by atoms with Gasteiger partial charge in [-0.2, -0.15) is 0 Å². The van der Waals surface area contributed by atoms with Crippen molar-refractivity contribution in [3.05, 3.63) is 22.8 Å². The summed E-state index contributed by atoms with van der Waals surface area (Å²) < 4.78 is 0. The van der Waals surface area contributed by atoms with Crippen molar-refractivity contribution in [2.75, 3.05) is 0 Å². The van der Waals surface area contributed by atoms with Gasteiger partial charge in [-0.25, -0.2) is 0 Å². The summed E-state index contributed by atoms with van der Waals surface area (Å²) in [5.74, 6) is 3.25. The van der Waals surface area contributed by atoms with Crippen molar-refractivity contribution in [3.8, 4) is 0 Å². The van der Waals surface area contributed by atoms with E-state index in [1.165, 1.54) is 38.5 Å². The number of rotatable bonds is 0. The van der Waals surface area contributed by atoms with E-state index in [-0.39, 0.29) is 11.5 Å². The average Bonchev–Trinajstić information content (AvgIpc) is 2.74. The number of fused-ring (bicyclic) bond motifs is 4. The Balaban J connectivity index is 1.69. The SMILES string of the molecule is CC1=CCC2=C(C1)C[C@@H](C)C1C2CC[C@@]2(C)C1CC[C@@H]2O. The first-order valence-electron chi connectivity index (χ1n) is 9.05. The van der Waals surface area contributed by atoms with Gasteiger partial charge < -0.3 is 5.11 Å². The van der Waals surface area contributed by atoms with Crippen molar-refractivity contribution in [2.45, 2.75) is 71.8 Å². The van der Waals surface area contributed by atoms with Gasteiger partial charge >= 0.3 is 0 Å². The molecular formula is C20H30O. The molecule has 0 aromatic heterocycles. The van der Waals surface area contributed by atoms with Crippen molar-refractivity contribution < 1.29 is 5.11 Å². The largest absolute Gasteiger partial charge is 0.393 e. The van der Waals surface area contributed by atoms with E-state index >= 15 is 0 Å². The molecule has 6 atom stereocenters. The molecule has 4 aliphatic carbocycles. The van der Waals surface area contributed by atoms with Crippen LogP contribution in [0.4, 0.5) is 0 Å². The highest BCUT2D eigenvalue weighted by atomic mass is 16.3. The summed E-state index contributed by atoms with van der Waals surface area (Å²) in [6, 6.07) is 0. The maximum Gasteiger partial charge on any atom is 0.0596 e. The predicted octanol–water partition coefficient (Wildman–Crippen LogP) is 4.87. The number of aliphatic hydroxyl groups excluding tert-OH is 1. The Morgan fingerprint density at radius 3 is 2.86 bits per heavy atom. The van der Waals surface area contributed by atoms with E-state index in [0.717, 1.165) is 30.1 Å². The minimum Gasteiger partial charge on any atom is -0.393 e. The number of allylic oxidation sites excluding steroid dienone is 4. The molecule has 0 amide bonds. The van der Waals surface area contributed by atoms with Crippen molar-refractivity contribution in [1.29, 1.82) is 0 Å². The molecular weight excluding hydrogens is 256 g/mol. The zero-order valence-electron chi connectivity index (χ0n) is 13.9. The van der Waals surface area contributed by atoms with Crippen LogP contribution in [0.15, 0.2) is 22.8 Å². The van der Waals surface area contributed by atoms with Gasteiger partial charge in [-0.05, 0) is 81.0 Å². The summed E-state index contributed by atoms with van der Waals surface area (Å²) in [6.45, 7) is 7.17. The lowest BCUT2D eigenvalue weighted by Gasteiger charge is -2.53. The van der Waals surface area contributed by atoms with Crippen LogP contribution >= 0.6 is 0 Å². The standard InChI is InChI=1S/C20H30O/c1-12-4-5-15-14(10-12)11-13(2)19-16(15)8-9-20(3)17(19)6-7-18(20)21/h4,13,16-19,21H,5-11H2,1-3H3/t13-,16?,17?,18+,19?,20+/m1/s1. The van der Waals surface area contributed by atoms with E-state index in [0.29, 0.717) is 0 Å². The van der Waals surface area contributed by atoms with Crippen molar-refractivity contribution in [1.82, 2.24) is 0 Å². The quantitative estimate of drug-likeness (QED) is 0.630. The van der Waals surface area contributed by atoms with Crippen LogP contribution in [0.25, 0.3) is 0 Å². The Bertz CT molecular complexity index is 514. The lowest BCUT2D eigenvalue weighted by molar-refractivity contribution is -0.0452. The summed E-state index contributed by atoms with van der Waals surface area (Å²) in [6.07, 6.45) is 11.1. The van der Waals surface area contributed by atoms with Crippen LogP contribution in [0.2, 0.25) is 0 Å². The highest BCUT2D eigenvalue weighted by molar-refractivity contribution is 5.34. The summed E-state index contributed by atoms with van der Waals surface area (Å²) in [5.41, 5.74) is 5.39. The second-order valence-electron chi connectivity index (χ2n) is 8.67. The van der Waals surface area contributed by atoms with Gasteiger partial charge in [0.15, 0.2) is 0 Å². The van der Waals surface area contributed by atoms with Gasteiger partial charge in [-0.3, -0.25) is 0 Å². The predicted molar refractivity (Wildman–Crippen MR) is 86.8 cm³/mol. The minimum atomic E-state index is -0.0421. The third kappa shape index (κ3) is 1.92. The fraction of sp³-hybridized carbons (Fsp3) is 0.800. The molecule has 2 fully saturated rings. The van der Waals surface area contributed by atoms with Gasteiger partial charge in [-0.1, -0.05) is 36.6 Å². The molecule has 0 saturated heterocycles. The molecule has 116 valence electrons. The van der Waals surface area contributed by atoms with Gasteiger partial charge in [-0.15, -0.1) is 0 Å². The van der Waals surface area contributed by atoms with Gasteiger partial charge in [0.25, 0.3) is 0 Å². The van der Waals surface area contributed by atoms with E-state index in [4.69, 9.17) is 0 Å². The molecule has 4 rings (SSSR count). The normalized spacial score (nSPS) is 49.3. The van der Waals surface area contributed by atoms with Crippen LogP contribution in [0.1, 0.15) is 65.7 Å². The fourth-order valence-electron chi connectivity index (χ4n) is 6.46. The molecule has 3 unspecified atom stereocenters. The molecule has 2 saturated carbocycles. The topological polar surface area (TPSA) is 20.2 Å². The van der Waals surface area contributed by atoms with Crippen LogP contribution in [-0.4, -0.2) is 11.2 Å². The van der Waals surface area contributed by atoms with E-state index in [1.54, 1.807) is 11.1 Å². The number of hydrogen-bond donors (Lipinski definition) is 1. The van der Waals surface area contributed by atoms with Gasteiger partial charge in [0.2, 0.25) is 0 Å². The van der Waals surface area contributed by atoms with E-state index in [1.807, 2.05) is 5.57 Å². The molecule has 0 bridgehead atoms. The summed E-state index contributed by atoms with van der Waals surface area (Å²) >= 11 is 0. The molecule has 21 heavy (non-hydrogen) atoms. The molecule has 0 spiro atoms. The lowest BCUT2D eigenvalue weighted by atomic mass is 9.52. The number of aliphatic hydroxyl groups is 1. The summed E-state index contributed by atoms with van der Waals surface area (Å²) in [7, 11) is 0. The highest BCUT2D eigenvalue weighted by Crippen LogP contribution is 2.62.